The van der Waals surface area contributed by atoms with E-state index < -0.39 is 6.04 Å². The summed E-state index contributed by atoms with van der Waals surface area (Å²) in [5.74, 6) is 0.167. The highest BCUT2D eigenvalue weighted by Gasteiger charge is 2.31. The van der Waals surface area contributed by atoms with E-state index in [9.17, 15) is 14.0 Å². The van der Waals surface area contributed by atoms with Crippen molar-refractivity contribution in [2.75, 3.05) is 6.61 Å². The van der Waals surface area contributed by atoms with Crippen LogP contribution in [0.5, 0.6) is 5.75 Å². The van der Waals surface area contributed by atoms with Gasteiger partial charge >= 0.3 is 0 Å². The van der Waals surface area contributed by atoms with Gasteiger partial charge in [-0.15, -0.1) is 0 Å². The fourth-order valence-corrected chi connectivity index (χ4v) is 4.80. The first-order valence-electron chi connectivity index (χ1n) is 12.0. The van der Waals surface area contributed by atoms with Crippen LogP contribution >= 0.6 is 15.9 Å². The van der Waals surface area contributed by atoms with Gasteiger partial charge in [-0.2, -0.15) is 0 Å². The van der Waals surface area contributed by atoms with Gasteiger partial charge in [0.1, 0.15) is 17.6 Å². The van der Waals surface area contributed by atoms with Gasteiger partial charge in [0.05, 0.1) is 4.47 Å². The summed E-state index contributed by atoms with van der Waals surface area (Å²) < 4.78 is 20.0. The smallest absolute Gasteiger partial charge is 0.261 e. The molecule has 0 bridgehead atoms. The number of carbonyl (C=O) groups excluding carboxylic acids is 2. The monoisotopic (exact) mass is 532 g/mol. The quantitative estimate of drug-likeness (QED) is 0.410. The lowest BCUT2D eigenvalue weighted by atomic mass is 10.0. The molecule has 0 radical (unpaired) electrons. The summed E-state index contributed by atoms with van der Waals surface area (Å²) in [4.78, 5) is 28.0. The van der Waals surface area contributed by atoms with Crippen LogP contribution in [0, 0.1) is 5.82 Å². The summed E-state index contributed by atoms with van der Waals surface area (Å²) in [5.41, 5.74) is 1.92. The Morgan fingerprint density at radius 1 is 1.15 bits per heavy atom. The van der Waals surface area contributed by atoms with Crippen molar-refractivity contribution >= 4 is 27.7 Å². The van der Waals surface area contributed by atoms with Gasteiger partial charge < -0.3 is 15.0 Å². The second-order valence-corrected chi connectivity index (χ2v) is 10.0. The molecule has 0 aromatic heterocycles. The molecule has 2 aromatic carbocycles. The van der Waals surface area contributed by atoms with Crippen LogP contribution in [0.2, 0.25) is 0 Å². The molecule has 7 heteroatoms. The van der Waals surface area contributed by atoms with Crippen molar-refractivity contribution in [3.63, 3.8) is 0 Å². The Kier molecular flexibility index (Phi) is 9.51. The van der Waals surface area contributed by atoms with Crippen LogP contribution in [0.3, 0.4) is 0 Å². The van der Waals surface area contributed by atoms with Crippen LogP contribution in [0.25, 0.3) is 0 Å². The molecular weight excluding hydrogens is 499 g/mol. The molecule has 1 atom stereocenters. The molecule has 0 unspecified atom stereocenters. The third-order valence-corrected chi connectivity index (χ3v) is 6.95. The summed E-state index contributed by atoms with van der Waals surface area (Å²) >= 11 is 3.53. The lowest BCUT2D eigenvalue weighted by Crippen LogP contribution is -2.52. The zero-order valence-electron chi connectivity index (χ0n) is 20.2. The number of benzene rings is 2. The minimum absolute atomic E-state index is 0.146. The second-order valence-electron chi connectivity index (χ2n) is 9.20. The van der Waals surface area contributed by atoms with Gasteiger partial charge in [-0.3, -0.25) is 9.59 Å². The van der Waals surface area contributed by atoms with Gasteiger partial charge in [0, 0.05) is 12.6 Å². The number of halogens is 2. The van der Waals surface area contributed by atoms with Gasteiger partial charge in [0.2, 0.25) is 5.91 Å². The first-order chi connectivity index (χ1) is 16.3. The standard InChI is InChI=1S/C27H34BrFN2O3/c1-4-24(27(33)30-22-7-5-6-8-22)31(16-19-9-12-21(29)13-10-19)26(32)17-34-25-14-11-20(18(2)3)15-23(25)28/h9-15,18,22,24H,4-8,16-17H2,1-3H3,(H,30,33)/t24-/m1/s1. The Labute approximate surface area is 210 Å². The van der Waals surface area contributed by atoms with E-state index in [2.05, 4.69) is 35.1 Å². The molecule has 34 heavy (non-hydrogen) atoms. The minimum Gasteiger partial charge on any atom is -0.483 e. The molecule has 1 N–H and O–H groups in total. The topological polar surface area (TPSA) is 58.6 Å². The molecule has 1 saturated carbocycles. The zero-order valence-corrected chi connectivity index (χ0v) is 21.7. The second kappa shape index (κ2) is 12.3. The first-order valence-corrected chi connectivity index (χ1v) is 12.8. The Hall–Kier alpha value is -2.41. The summed E-state index contributed by atoms with van der Waals surface area (Å²) in [6.07, 6.45) is 4.63. The van der Waals surface area contributed by atoms with Crippen molar-refractivity contribution in [1.29, 1.82) is 0 Å². The lowest BCUT2D eigenvalue weighted by Gasteiger charge is -2.31. The van der Waals surface area contributed by atoms with Crippen LogP contribution < -0.4 is 10.1 Å². The molecular formula is C27H34BrFN2O3. The maximum Gasteiger partial charge on any atom is 0.261 e. The van der Waals surface area contributed by atoms with E-state index in [4.69, 9.17) is 4.74 Å². The van der Waals surface area contributed by atoms with Crippen LogP contribution in [0.1, 0.15) is 69.9 Å². The highest BCUT2D eigenvalue weighted by molar-refractivity contribution is 9.10. The number of nitrogens with one attached hydrogen (secondary N) is 1. The van der Waals surface area contributed by atoms with E-state index >= 15 is 0 Å². The Morgan fingerprint density at radius 2 is 1.82 bits per heavy atom. The van der Waals surface area contributed by atoms with E-state index in [0.717, 1.165) is 41.3 Å². The Bertz CT molecular complexity index is 974. The maximum atomic E-state index is 13.4. The van der Waals surface area contributed by atoms with Gasteiger partial charge in [0.15, 0.2) is 6.61 Å². The SMILES string of the molecule is CC[C@H](C(=O)NC1CCCC1)N(Cc1ccc(F)cc1)C(=O)COc1ccc(C(C)C)cc1Br. The van der Waals surface area contributed by atoms with Gasteiger partial charge in [0.25, 0.3) is 5.91 Å². The molecule has 0 aliphatic heterocycles. The zero-order chi connectivity index (χ0) is 24.7. The maximum absolute atomic E-state index is 13.4. The van der Waals surface area contributed by atoms with E-state index in [1.807, 2.05) is 25.1 Å². The molecule has 1 aliphatic carbocycles. The van der Waals surface area contributed by atoms with Crippen LogP contribution in [0.15, 0.2) is 46.9 Å². The molecule has 3 rings (SSSR count). The summed E-state index contributed by atoms with van der Waals surface area (Å²) in [6.45, 7) is 6.12. The van der Waals surface area contributed by atoms with Crippen molar-refractivity contribution in [1.82, 2.24) is 10.2 Å². The van der Waals surface area contributed by atoms with Crippen molar-refractivity contribution in [3.05, 3.63) is 63.9 Å². The molecule has 1 fully saturated rings. The molecule has 2 amide bonds. The number of amides is 2. The molecule has 5 nitrogen and oxygen atoms in total. The minimum atomic E-state index is -0.631. The highest BCUT2D eigenvalue weighted by atomic mass is 79.9. The van der Waals surface area contributed by atoms with Crippen molar-refractivity contribution in [2.24, 2.45) is 0 Å². The van der Waals surface area contributed by atoms with Crippen molar-refractivity contribution in [2.45, 2.75) is 77.4 Å². The number of nitrogens with zero attached hydrogens (tertiary/aromatic N) is 1. The molecule has 0 spiro atoms. The van der Waals surface area contributed by atoms with Crippen LogP contribution in [0.4, 0.5) is 4.39 Å². The fourth-order valence-electron chi connectivity index (χ4n) is 4.29. The van der Waals surface area contributed by atoms with Crippen molar-refractivity contribution in [3.8, 4) is 5.75 Å². The number of ether oxygens (including phenoxy) is 1. The number of hydrogen-bond donors (Lipinski definition) is 1. The molecule has 1 aliphatic rings. The van der Waals surface area contributed by atoms with Crippen LogP contribution in [-0.4, -0.2) is 35.4 Å². The van der Waals surface area contributed by atoms with Crippen LogP contribution in [-0.2, 0) is 16.1 Å². The van der Waals surface area contributed by atoms with E-state index in [1.165, 1.54) is 12.1 Å². The molecule has 2 aromatic rings. The average molecular weight is 533 g/mol. The number of rotatable bonds is 10. The third kappa shape index (κ3) is 7.05. The average Bonchev–Trinajstić information content (AvgIpc) is 3.32. The van der Waals surface area contributed by atoms with Gasteiger partial charge in [-0.1, -0.05) is 51.8 Å². The Morgan fingerprint density at radius 3 is 2.41 bits per heavy atom. The number of hydrogen-bond acceptors (Lipinski definition) is 3. The van der Waals surface area contributed by atoms with Gasteiger partial charge in [-0.05, 0) is 76.5 Å². The Balaban J connectivity index is 1.76. The molecule has 184 valence electrons. The molecule has 0 heterocycles. The summed E-state index contributed by atoms with van der Waals surface area (Å²) in [7, 11) is 0. The largest absolute Gasteiger partial charge is 0.483 e. The third-order valence-electron chi connectivity index (χ3n) is 6.33. The van der Waals surface area contributed by atoms with E-state index in [0.29, 0.717) is 18.1 Å². The predicted octanol–water partition coefficient (Wildman–Crippen LogP) is 5.96. The number of carbonyl (C=O) groups is 2. The fraction of sp³-hybridized carbons (Fsp3) is 0.481. The van der Waals surface area contributed by atoms with Crippen molar-refractivity contribution < 1.29 is 18.7 Å². The normalized spacial score (nSPS) is 14.8. The lowest BCUT2D eigenvalue weighted by molar-refractivity contribution is -0.143. The van der Waals surface area contributed by atoms with Gasteiger partial charge in [-0.25, -0.2) is 4.39 Å². The first kappa shape index (κ1) is 26.2. The van der Waals surface area contributed by atoms with E-state index in [1.54, 1.807) is 17.0 Å². The predicted molar refractivity (Wildman–Crippen MR) is 135 cm³/mol. The summed E-state index contributed by atoms with van der Waals surface area (Å²) in [5, 5.41) is 3.12. The molecule has 0 saturated heterocycles. The summed E-state index contributed by atoms with van der Waals surface area (Å²) in [6, 6.07) is 11.4. The highest BCUT2D eigenvalue weighted by Crippen LogP contribution is 2.29. The van der Waals surface area contributed by atoms with E-state index in [-0.39, 0.29) is 36.8 Å².